The molecule has 0 radical (unpaired) electrons. The number of rotatable bonds is 4. The highest BCUT2D eigenvalue weighted by atomic mass is 32.2. The van der Waals surface area contributed by atoms with Crippen LogP contribution in [0.5, 0.6) is 0 Å². The summed E-state index contributed by atoms with van der Waals surface area (Å²) in [5.74, 6) is 0.0452. The Morgan fingerprint density at radius 1 is 1.25 bits per heavy atom. The number of hydrogen-bond donors (Lipinski definition) is 1. The Morgan fingerprint density at radius 2 is 1.90 bits per heavy atom. The summed E-state index contributed by atoms with van der Waals surface area (Å²) in [4.78, 5) is 26.0. The van der Waals surface area contributed by atoms with Gasteiger partial charge in [-0.05, 0) is 12.5 Å². The maximum absolute atomic E-state index is 12.3. The Hall–Kier alpha value is -1.69. The van der Waals surface area contributed by atoms with Gasteiger partial charge in [0.15, 0.2) is 0 Å². The van der Waals surface area contributed by atoms with E-state index in [9.17, 15) is 13.8 Å². The fourth-order valence-corrected chi connectivity index (χ4v) is 2.76. The summed E-state index contributed by atoms with van der Waals surface area (Å²) in [6.45, 7) is 1.98. The average molecular weight is 294 g/mol. The van der Waals surface area contributed by atoms with Crippen LogP contribution in [0.1, 0.15) is 18.5 Å². The van der Waals surface area contributed by atoms with E-state index in [0.29, 0.717) is 12.3 Å². The summed E-state index contributed by atoms with van der Waals surface area (Å²) in [5.41, 5.74) is 0.770. The molecule has 1 fully saturated rings. The molecule has 5 nitrogen and oxygen atoms in total. The van der Waals surface area contributed by atoms with Crippen molar-refractivity contribution in [2.24, 2.45) is 0 Å². The van der Waals surface area contributed by atoms with E-state index in [1.54, 1.807) is 13.2 Å². The van der Waals surface area contributed by atoms with Gasteiger partial charge in [-0.25, -0.2) is 0 Å². The third-order valence-electron chi connectivity index (χ3n) is 3.31. The molecule has 3 atom stereocenters. The monoisotopic (exact) mass is 294 g/mol. The molecule has 3 unspecified atom stereocenters. The molecule has 6 heteroatoms. The van der Waals surface area contributed by atoms with Gasteiger partial charge < -0.3 is 10.2 Å². The number of carbonyl (C=O) groups excluding carboxylic acids is 2. The smallest absolute Gasteiger partial charge is 0.248 e. The SMILES string of the molecule is CC1NC(=O)C(c2ccccc2)N(CCS(C)=O)C1=O. The molecule has 20 heavy (non-hydrogen) atoms. The van der Waals surface area contributed by atoms with E-state index in [2.05, 4.69) is 5.32 Å². The van der Waals surface area contributed by atoms with Gasteiger partial charge in [-0.2, -0.15) is 0 Å². The molecule has 1 aromatic carbocycles. The average Bonchev–Trinajstić information content (AvgIpc) is 2.42. The third kappa shape index (κ3) is 3.07. The lowest BCUT2D eigenvalue weighted by Crippen LogP contribution is -2.58. The van der Waals surface area contributed by atoms with Gasteiger partial charge in [0.25, 0.3) is 0 Å². The molecule has 0 aliphatic carbocycles. The number of nitrogens with zero attached hydrogens (tertiary/aromatic N) is 1. The van der Waals surface area contributed by atoms with Gasteiger partial charge >= 0.3 is 0 Å². The van der Waals surface area contributed by atoms with Crippen molar-refractivity contribution < 1.29 is 13.8 Å². The fraction of sp³-hybridized carbons (Fsp3) is 0.429. The molecule has 1 saturated heterocycles. The summed E-state index contributed by atoms with van der Waals surface area (Å²) in [6.07, 6.45) is 1.59. The van der Waals surface area contributed by atoms with Crippen LogP contribution in [-0.2, 0) is 20.4 Å². The number of amides is 2. The zero-order valence-corrected chi connectivity index (χ0v) is 12.4. The summed E-state index contributed by atoms with van der Waals surface area (Å²) in [5, 5.41) is 2.69. The van der Waals surface area contributed by atoms with Crippen LogP contribution in [0.2, 0.25) is 0 Å². The van der Waals surface area contributed by atoms with Gasteiger partial charge in [-0.15, -0.1) is 0 Å². The van der Waals surface area contributed by atoms with E-state index in [0.717, 1.165) is 5.56 Å². The lowest BCUT2D eigenvalue weighted by Gasteiger charge is -2.38. The zero-order chi connectivity index (χ0) is 14.7. The standard InChI is InChI=1S/C14H18N2O3S/c1-10-14(18)16(8-9-20(2)19)12(13(17)15-10)11-6-4-3-5-7-11/h3-7,10,12H,8-9H2,1-2H3,(H,15,17). The molecule has 0 spiro atoms. The maximum atomic E-state index is 12.3. The minimum Gasteiger partial charge on any atom is -0.342 e. The molecular weight excluding hydrogens is 276 g/mol. The van der Waals surface area contributed by atoms with E-state index in [1.807, 2.05) is 30.3 Å². The first-order chi connectivity index (χ1) is 9.50. The molecule has 1 aliphatic heterocycles. The van der Waals surface area contributed by atoms with Gasteiger partial charge in [0, 0.05) is 29.4 Å². The Kier molecular flexibility index (Phi) is 4.54. The summed E-state index contributed by atoms with van der Waals surface area (Å²) < 4.78 is 11.3. The summed E-state index contributed by atoms with van der Waals surface area (Å²) >= 11 is 0. The van der Waals surface area contributed by atoms with Crippen LogP contribution in [0, 0.1) is 0 Å². The molecule has 2 rings (SSSR count). The van der Waals surface area contributed by atoms with Crippen LogP contribution in [0.3, 0.4) is 0 Å². The van der Waals surface area contributed by atoms with E-state index in [4.69, 9.17) is 0 Å². The molecule has 0 bridgehead atoms. The van der Waals surface area contributed by atoms with Crippen molar-refractivity contribution in [3.63, 3.8) is 0 Å². The highest BCUT2D eigenvalue weighted by Crippen LogP contribution is 2.25. The molecule has 0 aromatic heterocycles. The van der Waals surface area contributed by atoms with Crippen molar-refractivity contribution in [3.8, 4) is 0 Å². The normalized spacial score (nSPS) is 24.4. The molecule has 1 N–H and O–H groups in total. The van der Waals surface area contributed by atoms with Crippen molar-refractivity contribution in [1.29, 1.82) is 0 Å². The first-order valence-corrected chi connectivity index (χ1v) is 8.19. The minimum atomic E-state index is -1.00. The minimum absolute atomic E-state index is 0.135. The summed E-state index contributed by atoms with van der Waals surface area (Å²) in [6, 6.07) is 8.01. The van der Waals surface area contributed by atoms with Gasteiger partial charge in [-0.3, -0.25) is 13.8 Å². The van der Waals surface area contributed by atoms with Gasteiger partial charge in [0.2, 0.25) is 11.8 Å². The van der Waals surface area contributed by atoms with E-state index >= 15 is 0 Å². The van der Waals surface area contributed by atoms with Crippen LogP contribution in [0.4, 0.5) is 0 Å². The predicted molar refractivity (Wildman–Crippen MR) is 77.4 cm³/mol. The van der Waals surface area contributed by atoms with Crippen molar-refractivity contribution >= 4 is 22.6 Å². The number of piperazine rings is 1. The molecule has 0 saturated carbocycles. The molecule has 1 aliphatic rings. The van der Waals surface area contributed by atoms with Crippen LogP contribution in [0.25, 0.3) is 0 Å². The lowest BCUT2D eigenvalue weighted by atomic mass is 10.0. The predicted octanol–water partition coefficient (Wildman–Crippen LogP) is 0.453. The Bertz CT molecular complexity index is 532. The van der Waals surface area contributed by atoms with Gasteiger partial charge in [0.1, 0.15) is 12.1 Å². The van der Waals surface area contributed by atoms with E-state index in [-0.39, 0.29) is 11.8 Å². The highest BCUT2D eigenvalue weighted by molar-refractivity contribution is 7.84. The molecule has 1 aromatic rings. The number of benzene rings is 1. The van der Waals surface area contributed by atoms with E-state index in [1.165, 1.54) is 4.90 Å². The van der Waals surface area contributed by atoms with Crippen LogP contribution < -0.4 is 5.32 Å². The second-order valence-electron chi connectivity index (χ2n) is 4.85. The zero-order valence-electron chi connectivity index (χ0n) is 11.5. The maximum Gasteiger partial charge on any atom is 0.248 e. The summed E-state index contributed by atoms with van der Waals surface area (Å²) in [7, 11) is -1.00. The van der Waals surface area contributed by atoms with Crippen LogP contribution >= 0.6 is 0 Å². The first-order valence-electron chi connectivity index (χ1n) is 6.46. The van der Waals surface area contributed by atoms with Gasteiger partial charge in [0.05, 0.1) is 0 Å². The lowest BCUT2D eigenvalue weighted by molar-refractivity contribution is -0.148. The second kappa shape index (κ2) is 6.17. The Balaban J connectivity index is 2.30. The van der Waals surface area contributed by atoms with E-state index < -0.39 is 22.9 Å². The first kappa shape index (κ1) is 14.7. The Morgan fingerprint density at radius 3 is 2.50 bits per heavy atom. The highest BCUT2D eigenvalue weighted by Gasteiger charge is 2.39. The van der Waals surface area contributed by atoms with Gasteiger partial charge in [-0.1, -0.05) is 30.3 Å². The topological polar surface area (TPSA) is 66.5 Å². The van der Waals surface area contributed by atoms with Crippen molar-refractivity contribution in [2.45, 2.75) is 19.0 Å². The number of hydrogen-bond acceptors (Lipinski definition) is 3. The second-order valence-corrected chi connectivity index (χ2v) is 6.41. The van der Waals surface area contributed by atoms with Crippen LogP contribution in [-0.4, -0.2) is 45.5 Å². The quantitative estimate of drug-likeness (QED) is 0.877. The molecule has 2 amide bonds. The third-order valence-corrected chi connectivity index (χ3v) is 4.06. The molecular formula is C14H18N2O3S. The van der Waals surface area contributed by atoms with Crippen molar-refractivity contribution in [1.82, 2.24) is 10.2 Å². The van der Waals surface area contributed by atoms with Crippen molar-refractivity contribution in [3.05, 3.63) is 35.9 Å². The molecule has 1 heterocycles. The van der Waals surface area contributed by atoms with Crippen molar-refractivity contribution in [2.75, 3.05) is 18.6 Å². The van der Waals surface area contributed by atoms with Crippen LogP contribution in [0.15, 0.2) is 30.3 Å². The largest absolute Gasteiger partial charge is 0.342 e. The molecule has 108 valence electrons. The Labute approximate surface area is 120 Å². The number of nitrogens with one attached hydrogen (secondary N) is 1. The number of carbonyl (C=O) groups is 2. The fourth-order valence-electron chi connectivity index (χ4n) is 2.30.